The van der Waals surface area contributed by atoms with Crippen molar-refractivity contribution in [1.82, 2.24) is 15.0 Å². The number of hydrogen-bond donors (Lipinski definition) is 2. The van der Waals surface area contributed by atoms with E-state index < -0.39 is 0 Å². The third-order valence-electron chi connectivity index (χ3n) is 2.26. The smallest absolute Gasteiger partial charge is 0.277 e. The van der Waals surface area contributed by atoms with Crippen molar-refractivity contribution in [3.8, 4) is 0 Å². The number of oxime groups is 1. The van der Waals surface area contributed by atoms with Crippen molar-refractivity contribution in [2.75, 3.05) is 5.32 Å². The predicted octanol–water partition coefficient (Wildman–Crippen LogP) is 1.69. The molecule has 0 aliphatic heterocycles. The first kappa shape index (κ1) is 13.1. The lowest BCUT2D eigenvalue weighted by Gasteiger charge is -2.00. The molecule has 0 unspecified atom stereocenters. The van der Waals surface area contributed by atoms with Crippen molar-refractivity contribution in [3.63, 3.8) is 0 Å². The molecule has 0 bridgehead atoms. The number of anilines is 1. The number of aromatic nitrogens is 3. The van der Waals surface area contributed by atoms with E-state index in [0.29, 0.717) is 16.5 Å². The number of carbonyl (C=O) groups is 1. The van der Waals surface area contributed by atoms with E-state index in [1.807, 2.05) is 0 Å². The molecule has 0 saturated heterocycles. The molecule has 8 heteroatoms. The van der Waals surface area contributed by atoms with Gasteiger partial charge in [0.05, 0.1) is 11.9 Å². The average molecular weight is 277 g/mol. The summed E-state index contributed by atoms with van der Waals surface area (Å²) in [5.41, 5.74) is 1.85. The average Bonchev–Trinajstić information content (AvgIpc) is 2.87. The molecule has 0 fully saturated rings. The molecule has 2 rings (SSSR count). The van der Waals surface area contributed by atoms with Crippen molar-refractivity contribution >= 4 is 28.1 Å². The van der Waals surface area contributed by atoms with Crippen LogP contribution in [0.15, 0.2) is 22.9 Å². The van der Waals surface area contributed by atoms with E-state index in [9.17, 15) is 4.79 Å². The number of hydrogen-bond acceptors (Lipinski definition) is 7. The van der Waals surface area contributed by atoms with Crippen LogP contribution < -0.4 is 5.32 Å². The summed E-state index contributed by atoms with van der Waals surface area (Å²) in [6.07, 6.45) is 2.92. The molecule has 19 heavy (non-hydrogen) atoms. The molecule has 0 aliphatic rings. The molecule has 0 aliphatic carbocycles. The second-order valence-corrected chi connectivity index (χ2v) is 4.58. The molecule has 0 radical (unpaired) electrons. The Labute approximate surface area is 113 Å². The number of amides is 1. The van der Waals surface area contributed by atoms with Crippen LogP contribution in [0, 0.1) is 6.92 Å². The standard InChI is InChI=1S/C11H11N5O2S/c1-6-3-13-8(4-12-6)10(17)15-11-14-9(5-19-11)7(2)16-18/h3-5,18H,1-2H3,(H,14,15,17). The number of thiazole rings is 1. The van der Waals surface area contributed by atoms with Crippen LogP contribution in [0.1, 0.15) is 28.8 Å². The van der Waals surface area contributed by atoms with Gasteiger partial charge in [-0.05, 0) is 13.8 Å². The van der Waals surface area contributed by atoms with Gasteiger partial charge >= 0.3 is 0 Å². The Morgan fingerprint density at radius 3 is 2.79 bits per heavy atom. The lowest BCUT2D eigenvalue weighted by molar-refractivity contribution is 0.102. The Kier molecular flexibility index (Phi) is 3.81. The van der Waals surface area contributed by atoms with Gasteiger partial charge in [-0.25, -0.2) is 9.97 Å². The van der Waals surface area contributed by atoms with Gasteiger partial charge in [0.25, 0.3) is 5.91 Å². The Morgan fingerprint density at radius 2 is 2.16 bits per heavy atom. The summed E-state index contributed by atoms with van der Waals surface area (Å²) < 4.78 is 0. The van der Waals surface area contributed by atoms with E-state index in [1.54, 1.807) is 19.2 Å². The zero-order chi connectivity index (χ0) is 13.8. The molecular weight excluding hydrogens is 266 g/mol. The molecule has 98 valence electrons. The lowest BCUT2D eigenvalue weighted by Crippen LogP contribution is -2.14. The first-order chi connectivity index (χ1) is 9.10. The molecule has 2 aromatic heterocycles. The Morgan fingerprint density at radius 1 is 1.37 bits per heavy atom. The number of nitrogens with one attached hydrogen (secondary N) is 1. The molecule has 1 amide bonds. The van der Waals surface area contributed by atoms with Crippen LogP contribution in [0.25, 0.3) is 0 Å². The van der Waals surface area contributed by atoms with Crippen LogP contribution in [-0.4, -0.2) is 31.8 Å². The van der Waals surface area contributed by atoms with Gasteiger partial charge in [0, 0.05) is 11.6 Å². The predicted molar refractivity (Wildman–Crippen MR) is 70.8 cm³/mol. The van der Waals surface area contributed by atoms with Gasteiger partial charge in [0.15, 0.2) is 5.13 Å². The fourth-order valence-electron chi connectivity index (χ4n) is 1.22. The van der Waals surface area contributed by atoms with E-state index in [2.05, 4.69) is 25.4 Å². The van der Waals surface area contributed by atoms with Crippen molar-refractivity contribution in [1.29, 1.82) is 0 Å². The summed E-state index contributed by atoms with van der Waals surface area (Å²) in [5.74, 6) is -0.382. The van der Waals surface area contributed by atoms with Crippen molar-refractivity contribution in [2.45, 2.75) is 13.8 Å². The quantitative estimate of drug-likeness (QED) is 0.505. The van der Waals surface area contributed by atoms with E-state index in [1.165, 1.54) is 23.7 Å². The van der Waals surface area contributed by atoms with Crippen LogP contribution >= 0.6 is 11.3 Å². The zero-order valence-electron chi connectivity index (χ0n) is 10.3. The van der Waals surface area contributed by atoms with Gasteiger partial charge < -0.3 is 5.21 Å². The van der Waals surface area contributed by atoms with E-state index in [4.69, 9.17) is 5.21 Å². The summed E-state index contributed by atoms with van der Waals surface area (Å²) in [7, 11) is 0. The van der Waals surface area contributed by atoms with Crippen LogP contribution in [-0.2, 0) is 0 Å². The van der Waals surface area contributed by atoms with Crippen molar-refractivity contribution in [2.24, 2.45) is 5.16 Å². The number of rotatable bonds is 3. The van der Waals surface area contributed by atoms with Crippen LogP contribution in [0.3, 0.4) is 0 Å². The van der Waals surface area contributed by atoms with E-state index in [-0.39, 0.29) is 11.6 Å². The molecule has 2 aromatic rings. The van der Waals surface area contributed by atoms with Crippen LogP contribution in [0.5, 0.6) is 0 Å². The highest BCUT2D eigenvalue weighted by molar-refractivity contribution is 7.14. The molecular formula is C11H11N5O2S. The van der Waals surface area contributed by atoms with Crippen molar-refractivity contribution < 1.29 is 10.0 Å². The number of carbonyl (C=O) groups excluding carboxylic acids is 1. The summed E-state index contributed by atoms with van der Waals surface area (Å²) in [6, 6.07) is 0. The minimum absolute atomic E-state index is 0.217. The first-order valence-corrected chi connectivity index (χ1v) is 6.22. The number of nitrogens with zero attached hydrogens (tertiary/aromatic N) is 4. The van der Waals surface area contributed by atoms with Crippen molar-refractivity contribution in [3.05, 3.63) is 34.9 Å². The fourth-order valence-corrected chi connectivity index (χ4v) is 1.97. The van der Waals surface area contributed by atoms with Crippen LogP contribution in [0.2, 0.25) is 0 Å². The Hall–Kier alpha value is -2.35. The van der Waals surface area contributed by atoms with Gasteiger partial charge in [0.1, 0.15) is 17.1 Å². The minimum Gasteiger partial charge on any atom is -0.411 e. The second-order valence-electron chi connectivity index (χ2n) is 3.72. The molecule has 0 spiro atoms. The number of aryl methyl sites for hydroxylation is 1. The molecule has 7 nitrogen and oxygen atoms in total. The largest absolute Gasteiger partial charge is 0.411 e. The third kappa shape index (κ3) is 3.10. The van der Waals surface area contributed by atoms with Crippen LogP contribution in [0.4, 0.5) is 5.13 Å². The summed E-state index contributed by atoms with van der Waals surface area (Å²) >= 11 is 1.24. The maximum Gasteiger partial charge on any atom is 0.277 e. The molecule has 0 saturated carbocycles. The molecule has 0 aromatic carbocycles. The summed E-state index contributed by atoms with van der Waals surface area (Å²) in [4.78, 5) is 23.9. The highest BCUT2D eigenvalue weighted by Gasteiger charge is 2.11. The van der Waals surface area contributed by atoms with Gasteiger partial charge in [-0.15, -0.1) is 11.3 Å². The summed E-state index contributed by atoms with van der Waals surface area (Å²) in [5, 5.41) is 16.4. The molecule has 2 N–H and O–H groups in total. The highest BCUT2D eigenvalue weighted by Crippen LogP contribution is 2.16. The maximum absolute atomic E-state index is 11.8. The second kappa shape index (κ2) is 5.53. The Balaban J connectivity index is 2.11. The normalized spacial score (nSPS) is 11.4. The van der Waals surface area contributed by atoms with Gasteiger partial charge in [-0.1, -0.05) is 5.16 Å². The van der Waals surface area contributed by atoms with E-state index in [0.717, 1.165) is 5.69 Å². The Bertz CT molecular complexity index is 620. The zero-order valence-corrected chi connectivity index (χ0v) is 11.1. The monoisotopic (exact) mass is 277 g/mol. The topological polar surface area (TPSA) is 100 Å². The third-order valence-corrected chi connectivity index (χ3v) is 3.02. The molecule has 2 heterocycles. The lowest BCUT2D eigenvalue weighted by atomic mass is 10.3. The minimum atomic E-state index is -0.382. The molecule has 0 atom stereocenters. The van der Waals surface area contributed by atoms with Gasteiger partial charge in [-0.3, -0.25) is 15.1 Å². The fraction of sp³-hybridized carbons (Fsp3) is 0.182. The van der Waals surface area contributed by atoms with Gasteiger partial charge in [0.2, 0.25) is 0 Å². The summed E-state index contributed by atoms with van der Waals surface area (Å²) in [6.45, 7) is 3.41. The SMILES string of the molecule is CC(=NO)c1csc(NC(=O)c2cnc(C)cn2)n1. The maximum atomic E-state index is 11.8. The van der Waals surface area contributed by atoms with Gasteiger partial charge in [-0.2, -0.15) is 0 Å². The van der Waals surface area contributed by atoms with E-state index >= 15 is 0 Å². The first-order valence-electron chi connectivity index (χ1n) is 5.34. The highest BCUT2D eigenvalue weighted by atomic mass is 32.1.